The minimum Gasteiger partial charge on any atom is -0.463 e. The maximum absolute atomic E-state index is 11.6. The molecule has 42 heavy (non-hydrogen) atoms. The van der Waals surface area contributed by atoms with E-state index >= 15 is 0 Å². The van der Waals surface area contributed by atoms with Crippen LogP contribution >= 0.6 is 24.0 Å². The Labute approximate surface area is 254 Å². The maximum atomic E-state index is 11.6. The lowest BCUT2D eigenvalue weighted by Crippen LogP contribution is -2.37. The number of hydrogen-bond donors (Lipinski definition) is 6. The largest absolute Gasteiger partial charge is 0.463 e. The molecule has 4 aliphatic rings. The molecule has 3 heterocycles. The van der Waals surface area contributed by atoms with Gasteiger partial charge in [-0.25, -0.2) is 9.59 Å². The van der Waals surface area contributed by atoms with E-state index in [1.165, 1.54) is 0 Å². The number of esters is 2. The number of amidine groups is 2. The number of nitrogens with one attached hydrogen (secondary N) is 1. The summed E-state index contributed by atoms with van der Waals surface area (Å²) in [5.41, 5.74) is 5.79. The van der Waals surface area contributed by atoms with Crippen LogP contribution in [0.1, 0.15) is 20.3 Å². The number of ether oxygens (including phenoxy) is 5. The number of aliphatic hydroxyl groups excluding tert-OH is 4. The highest BCUT2D eigenvalue weighted by atomic mass is 35.5. The number of halogens is 2. The summed E-state index contributed by atoms with van der Waals surface area (Å²) in [6.45, 7) is 10.9. The number of fused-ring (bicyclic) bond motifs is 2. The van der Waals surface area contributed by atoms with Crippen molar-refractivity contribution in [1.29, 1.82) is 5.41 Å². The molecule has 3 fully saturated rings. The molecule has 15 nitrogen and oxygen atoms in total. The zero-order chi connectivity index (χ0) is 30.9. The van der Waals surface area contributed by atoms with Crippen LogP contribution in [-0.4, -0.2) is 131 Å². The molecule has 0 spiro atoms. The van der Waals surface area contributed by atoms with Crippen LogP contribution in [0.2, 0.25) is 0 Å². The third kappa shape index (κ3) is 9.17. The Morgan fingerprint density at radius 3 is 2.17 bits per heavy atom. The van der Waals surface area contributed by atoms with Gasteiger partial charge in [-0.3, -0.25) is 5.41 Å². The van der Waals surface area contributed by atoms with E-state index in [9.17, 15) is 24.9 Å². The number of nitrogens with two attached hydrogens (primary N) is 1. The number of nitrogens with zero attached hydrogens (tertiary/aromatic N) is 2. The van der Waals surface area contributed by atoms with E-state index in [1.54, 1.807) is 18.7 Å². The molecule has 4 rings (SSSR count). The Kier molecular flexibility index (Phi) is 15.5. The Hall–Kier alpha value is -2.66. The summed E-state index contributed by atoms with van der Waals surface area (Å²) in [5, 5.41) is 45.2. The third-order valence-corrected chi connectivity index (χ3v) is 6.86. The lowest BCUT2D eigenvalue weighted by atomic mass is 10.1. The third-order valence-electron chi connectivity index (χ3n) is 6.54. The molecule has 0 unspecified atom stereocenters. The van der Waals surface area contributed by atoms with Crippen molar-refractivity contribution in [1.82, 2.24) is 4.90 Å². The molecule has 1 saturated carbocycles. The van der Waals surface area contributed by atoms with Crippen molar-refractivity contribution in [3.05, 3.63) is 24.3 Å². The van der Waals surface area contributed by atoms with Crippen LogP contribution in [0, 0.1) is 11.3 Å². The minimum atomic E-state index is -0.857. The lowest BCUT2D eigenvalue weighted by Gasteiger charge is -2.22. The topological polar surface area (TPSA) is 227 Å². The summed E-state index contributed by atoms with van der Waals surface area (Å²) in [7, 11) is 0. The van der Waals surface area contributed by atoms with Crippen LogP contribution < -0.4 is 5.73 Å². The Balaban J connectivity index is 0.000000342. The van der Waals surface area contributed by atoms with Gasteiger partial charge in [0, 0.05) is 23.7 Å². The monoisotopic (exact) mass is 642 g/mol. The second-order valence-electron chi connectivity index (χ2n) is 9.32. The van der Waals surface area contributed by atoms with Crippen molar-refractivity contribution >= 4 is 48.0 Å². The number of hydrogen-bond acceptors (Lipinski definition) is 14. The van der Waals surface area contributed by atoms with Gasteiger partial charge < -0.3 is 54.7 Å². The van der Waals surface area contributed by atoms with Crippen molar-refractivity contribution in [3.63, 3.8) is 0 Å². The fraction of sp³-hybridized carbons (Fsp3) is 0.680. The molecule has 0 aromatic carbocycles. The van der Waals surface area contributed by atoms with Gasteiger partial charge in [-0.05, 0) is 20.3 Å². The van der Waals surface area contributed by atoms with Gasteiger partial charge >= 0.3 is 11.9 Å². The summed E-state index contributed by atoms with van der Waals surface area (Å²) in [6, 6.07) is -0.276. The normalized spacial score (nSPS) is 30.0. The lowest BCUT2D eigenvalue weighted by molar-refractivity contribution is -0.139. The molecule has 2 saturated heterocycles. The molecule has 8 atom stereocenters. The molecule has 0 aromatic rings. The summed E-state index contributed by atoms with van der Waals surface area (Å²) in [5.74, 6) is -1.04. The average molecular weight is 644 g/mol. The van der Waals surface area contributed by atoms with Crippen molar-refractivity contribution in [3.8, 4) is 0 Å². The highest BCUT2D eigenvalue weighted by Crippen LogP contribution is 2.37. The maximum Gasteiger partial charge on any atom is 0.335 e. The van der Waals surface area contributed by atoms with E-state index in [-0.39, 0.29) is 74.2 Å². The molecular formula is C25H40Cl2N4O11. The number of aliphatic imine (C=N–C) groups is 1. The van der Waals surface area contributed by atoms with Crippen molar-refractivity contribution in [2.75, 3.05) is 38.9 Å². The van der Waals surface area contributed by atoms with Gasteiger partial charge in [0.05, 0.1) is 44.4 Å². The number of alkyl halides is 1. The first-order valence-electron chi connectivity index (χ1n) is 12.9. The van der Waals surface area contributed by atoms with Crippen LogP contribution in [-0.2, 0) is 33.3 Å². The molecule has 0 amide bonds. The van der Waals surface area contributed by atoms with E-state index in [0.717, 1.165) is 0 Å². The van der Waals surface area contributed by atoms with Gasteiger partial charge in [0.2, 0.25) is 0 Å². The first kappa shape index (κ1) is 37.4. The Morgan fingerprint density at radius 1 is 1.07 bits per heavy atom. The van der Waals surface area contributed by atoms with Crippen molar-refractivity contribution < 1.29 is 53.7 Å². The van der Waals surface area contributed by atoms with E-state index in [2.05, 4.69) is 22.9 Å². The fourth-order valence-electron chi connectivity index (χ4n) is 4.44. The molecule has 0 bridgehead atoms. The zero-order valence-corrected chi connectivity index (χ0v) is 25.0. The molecule has 3 aliphatic heterocycles. The highest BCUT2D eigenvalue weighted by molar-refractivity contribution is 6.22. The second kappa shape index (κ2) is 17.5. The average Bonchev–Trinajstić information content (AvgIpc) is 3.65. The zero-order valence-electron chi connectivity index (χ0n) is 23.4. The predicted molar refractivity (Wildman–Crippen MR) is 152 cm³/mol. The number of carbonyl (C=O) groups excluding carboxylic acids is 2. The molecule has 240 valence electrons. The van der Waals surface area contributed by atoms with E-state index in [4.69, 9.17) is 46.8 Å². The van der Waals surface area contributed by atoms with Gasteiger partial charge in [0.15, 0.2) is 12.3 Å². The second-order valence-corrected chi connectivity index (χ2v) is 9.59. The van der Waals surface area contributed by atoms with Gasteiger partial charge in [-0.2, -0.15) is 4.99 Å². The van der Waals surface area contributed by atoms with E-state index < -0.39 is 48.7 Å². The Bertz CT molecular complexity index is 1000. The smallest absolute Gasteiger partial charge is 0.335 e. The van der Waals surface area contributed by atoms with Gasteiger partial charge in [-0.15, -0.1) is 24.0 Å². The highest BCUT2D eigenvalue weighted by Gasteiger charge is 2.52. The van der Waals surface area contributed by atoms with E-state index in [1.807, 2.05) is 0 Å². The molecule has 1 aliphatic carbocycles. The van der Waals surface area contributed by atoms with Crippen LogP contribution in [0.5, 0.6) is 0 Å². The summed E-state index contributed by atoms with van der Waals surface area (Å²) < 4.78 is 24.9. The van der Waals surface area contributed by atoms with Crippen LogP contribution in [0.25, 0.3) is 0 Å². The quantitative estimate of drug-likeness (QED) is 0.101. The van der Waals surface area contributed by atoms with Crippen LogP contribution in [0.15, 0.2) is 29.3 Å². The van der Waals surface area contributed by atoms with Gasteiger partial charge in [0.25, 0.3) is 12.0 Å². The van der Waals surface area contributed by atoms with Gasteiger partial charge in [-0.1, -0.05) is 13.2 Å². The molecule has 17 heteroatoms. The standard InChI is InChI=1S/C13H20N2O5.C6H9ClO2.C6H10N2O4.ClH/c1-3-19-12(18)7(2)5-15-9-4-8(6-16)10(17)11(9)20-13(15)14;1-3-9-6(8)5(2)4-7;7-6-8-5-4(12-6)3(10)2(1-9)11-5;/h8-11,14,16-17H,2-6H2,1H3;2-4H2,1H3;2-5,9-10H,1H2,(H2,7,8);1H/t8-,9-,10-,11-;;2-,3-,4+,5-;/m0.0./s1. The number of aliphatic hydroxyl groups is 4. The predicted octanol–water partition coefficient (Wildman–Crippen LogP) is -0.973. The summed E-state index contributed by atoms with van der Waals surface area (Å²) >= 11 is 5.28. The molecular weight excluding hydrogens is 603 g/mol. The summed E-state index contributed by atoms with van der Waals surface area (Å²) in [4.78, 5) is 27.5. The first-order chi connectivity index (χ1) is 19.4. The Morgan fingerprint density at radius 2 is 1.67 bits per heavy atom. The SMILES string of the molecule is C=C(CCl)C(=O)OCC.C=C(CN1C(=N)O[C@@H]2[C@@H](O)[C@H](CO)C[C@@H]21)C(=O)OCC.Cl.NC1=N[C@H]2O[C@@H](CO)[C@H](O)[C@H]2O1. The van der Waals surface area contributed by atoms with E-state index in [0.29, 0.717) is 18.6 Å². The van der Waals surface area contributed by atoms with Crippen LogP contribution in [0.3, 0.4) is 0 Å². The molecule has 7 N–H and O–H groups in total. The minimum absolute atomic E-state index is 0. The number of rotatable bonds is 9. The van der Waals surface area contributed by atoms with Crippen molar-refractivity contribution in [2.45, 2.75) is 63.1 Å². The molecule has 0 radical (unpaired) electrons. The first-order valence-corrected chi connectivity index (χ1v) is 13.5. The van der Waals surface area contributed by atoms with Crippen LogP contribution in [0.4, 0.5) is 0 Å². The van der Waals surface area contributed by atoms with Crippen molar-refractivity contribution in [2.24, 2.45) is 16.6 Å². The molecule has 0 aromatic heterocycles. The fourth-order valence-corrected chi connectivity index (χ4v) is 4.55. The summed E-state index contributed by atoms with van der Waals surface area (Å²) in [6.07, 6.45) is -3.40. The van der Waals surface area contributed by atoms with Gasteiger partial charge in [0.1, 0.15) is 18.3 Å². The number of carbonyl (C=O) groups is 2.